The molecule has 0 bridgehead atoms. The Balaban J connectivity index is 1.73. The number of esters is 1. The summed E-state index contributed by atoms with van der Waals surface area (Å²) in [5, 5.41) is 0.884. The van der Waals surface area contributed by atoms with Crippen LogP contribution in [0.1, 0.15) is 54.1 Å². The number of carbonyl (C=O) groups is 1. The summed E-state index contributed by atoms with van der Waals surface area (Å²) in [4.78, 5) is 27.5. The maximum absolute atomic E-state index is 13.6. The highest BCUT2D eigenvalue weighted by Crippen LogP contribution is 2.30. The molecule has 0 amide bonds. The van der Waals surface area contributed by atoms with Crippen LogP contribution < -0.4 is 5.56 Å². The van der Waals surface area contributed by atoms with Crippen LogP contribution in [-0.2, 0) is 27.7 Å². The zero-order valence-electron chi connectivity index (χ0n) is 18.8. The number of hydrogen-bond acceptors (Lipinski definition) is 5. The van der Waals surface area contributed by atoms with E-state index in [0.29, 0.717) is 5.56 Å². The van der Waals surface area contributed by atoms with Gasteiger partial charge in [0.2, 0.25) is 10.0 Å². The molecule has 0 saturated heterocycles. The van der Waals surface area contributed by atoms with Crippen molar-refractivity contribution in [2.24, 2.45) is 0 Å². The first-order valence-electron chi connectivity index (χ1n) is 11.2. The van der Waals surface area contributed by atoms with Crippen molar-refractivity contribution in [3.8, 4) is 0 Å². The zero-order chi connectivity index (χ0) is 23.6. The lowest BCUT2D eigenvalue weighted by Gasteiger charge is -2.28. The molecule has 0 spiro atoms. The molecule has 0 atom stereocenters. The Morgan fingerprint density at radius 2 is 1.79 bits per heavy atom. The number of rotatable bonds is 7. The van der Waals surface area contributed by atoms with Gasteiger partial charge in [-0.2, -0.15) is 4.31 Å². The predicted octanol–water partition coefficient (Wildman–Crippen LogP) is 4.01. The number of carbonyl (C=O) groups excluding carboxylic acids is 1. The van der Waals surface area contributed by atoms with Crippen LogP contribution in [0.2, 0.25) is 0 Å². The Bertz CT molecular complexity index is 1320. The molecule has 0 radical (unpaired) electrons. The van der Waals surface area contributed by atoms with Gasteiger partial charge >= 0.3 is 5.97 Å². The van der Waals surface area contributed by atoms with Gasteiger partial charge in [0.15, 0.2) is 0 Å². The first kappa shape index (κ1) is 23.2. The molecule has 0 aliphatic heterocycles. The van der Waals surface area contributed by atoms with Gasteiger partial charge in [0.25, 0.3) is 5.56 Å². The Morgan fingerprint density at radius 1 is 1.09 bits per heavy atom. The summed E-state index contributed by atoms with van der Waals surface area (Å²) < 4.78 is 33.4. The Kier molecular flexibility index (Phi) is 6.67. The van der Waals surface area contributed by atoms with Gasteiger partial charge in [0.1, 0.15) is 0 Å². The van der Waals surface area contributed by atoms with Crippen LogP contribution in [0.3, 0.4) is 0 Å². The number of pyridine rings is 1. The van der Waals surface area contributed by atoms with E-state index in [-0.39, 0.29) is 28.6 Å². The largest absolute Gasteiger partial charge is 0.465 e. The van der Waals surface area contributed by atoms with E-state index in [1.807, 2.05) is 18.2 Å². The van der Waals surface area contributed by atoms with Crippen LogP contribution in [-0.4, -0.2) is 36.8 Å². The molecule has 8 heteroatoms. The van der Waals surface area contributed by atoms with Gasteiger partial charge in [-0.05, 0) is 72.7 Å². The van der Waals surface area contributed by atoms with E-state index in [9.17, 15) is 18.0 Å². The molecule has 1 saturated carbocycles. The number of nitrogens with zero attached hydrogens (tertiary/aromatic N) is 1. The van der Waals surface area contributed by atoms with E-state index in [4.69, 9.17) is 4.74 Å². The summed E-state index contributed by atoms with van der Waals surface area (Å²) in [7, 11) is -2.61. The van der Waals surface area contributed by atoms with E-state index < -0.39 is 16.0 Å². The van der Waals surface area contributed by atoms with Gasteiger partial charge in [-0.25, -0.2) is 13.2 Å². The van der Waals surface area contributed by atoms with Gasteiger partial charge in [-0.15, -0.1) is 0 Å². The molecule has 1 fully saturated rings. The lowest BCUT2D eigenvalue weighted by Crippen LogP contribution is -2.39. The molecule has 0 unspecified atom stereocenters. The normalized spacial score (nSPS) is 14.8. The summed E-state index contributed by atoms with van der Waals surface area (Å²) in [6.45, 7) is 2.06. The highest BCUT2D eigenvalue weighted by molar-refractivity contribution is 7.89. The van der Waals surface area contributed by atoms with Gasteiger partial charge in [0, 0.05) is 23.7 Å². The number of ether oxygens (including phenoxy) is 1. The molecule has 1 aliphatic carbocycles. The van der Waals surface area contributed by atoms with Crippen LogP contribution >= 0.6 is 0 Å². The third-order valence-electron chi connectivity index (χ3n) is 6.33. The summed E-state index contributed by atoms with van der Waals surface area (Å²) in [5.41, 5.74) is 2.28. The first-order chi connectivity index (χ1) is 15.8. The second kappa shape index (κ2) is 9.49. The smallest absolute Gasteiger partial charge is 0.337 e. The van der Waals surface area contributed by atoms with Crippen LogP contribution in [0.5, 0.6) is 0 Å². The number of sulfonamides is 1. The minimum atomic E-state index is -3.89. The molecule has 2 aromatic carbocycles. The van der Waals surface area contributed by atoms with E-state index in [0.717, 1.165) is 48.6 Å². The lowest BCUT2D eigenvalue weighted by atomic mass is 10.1. The number of nitrogens with one attached hydrogen (secondary N) is 1. The number of aromatic amines is 1. The summed E-state index contributed by atoms with van der Waals surface area (Å²) >= 11 is 0. The maximum atomic E-state index is 13.6. The van der Waals surface area contributed by atoms with E-state index >= 15 is 0 Å². The predicted molar refractivity (Wildman–Crippen MR) is 127 cm³/mol. The fourth-order valence-electron chi connectivity index (χ4n) is 4.43. The van der Waals surface area contributed by atoms with E-state index in [1.165, 1.54) is 35.7 Å². The topological polar surface area (TPSA) is 96.5 Å². The molecule has 1 N–H and O–H groups in total. The number of methoxy groups -OCH3 is 1. The number of aryl methyl sites for hydroxylation is 1. The highest BCUT2D eigenvalue weighted by atomic mass is 32.2. The van der Waals surface area contributed by atoms with Gasteiger partial charge in [0.05, 0.1) is 17.6 Å². The Hall–Kier alpha value is -2.97. The van der Waals surface area contributed by atoms with Gasteiger partial charge in [-0.3, -0.25) is 4.79 Å². The van der Waals surface area contributed by atoms with Crippen molar-refractivity contribution in [3.05, 3.63) is 75.6 Å². The zero-order valence-corrected chi connectivity index (χ0v) is 19.7. The SMILES string of the molecule is CCc1ccc2[nH]c(=O)c(CN(C3CCCC3)S(=O)(=O)c3ccc(C(=O)OC)cc3)cc2c1. The number of fused-ring (bicyclic) bond motifs is 1. The maximum Gasteiger partial charge on any atom is 0.337 e. The average Bonchev–Trinajstić information content (AvgIpc) is 3.36. The highest BCUT2D eigenvalue weighted by Gasteiger charge is 2.34. The number of benzene rings is 2. The summed E-state index contributed by atoms with van der Waals surface area (Å²) in [6, 6.07) is 13.2. The van der Waals surface area contributed by atoms with E-state index in [2.05, 4.69) is 11.9 Å². The molecular weight excluding hydrogens is 440 g/mol. The number of aromatic nitrogens is 1. The molecule has 1 aliphatic rings. The molecule has 1 heterocycles. The molecule has 1 aromatic heterocycles. The molecule has 33 heavy (non-hydrogen) atoms. The van der Waals surface area contributed by atoms with Crippen LogP contribution in [0, 0.1) is 0 Å². The molecular formula is C25H28N2O5S. The van der Waals surface area contributed by atoms with Gasteiger partial charge < -0.3 is 9.72 Å². The number of hydrogen-bond donors (Lipinski definition) is 1. The van der Waals surface area contributed by atoms with Crippen molar-refractivity contribution in [3.63, 3.8) is 0 Å². The summed E-state index contributed by atoms with van der Waals surface area (Å²) in [6.07, 6.45) is 4.28. The fraction of sp³-hybridized carbons (Fsp3) is 0.360. The Labute approximate surface area is 193 Å². The molecule has 3 aromatic rings. The summed E-state index contributed by atoms with van der Waals surface area (Å²) in [5.74, 6) is -0.527. The van der Waals surface area contributed by atoms with Crippen LogP contribution in [0.25, 0.3) is 10.9 Å². The monoisotopic (exact) mass is 468 g/mol. The third kappa shape index (κ3) is 4.72. The van der Waals surface area contributed by atoms with Crippen molar-refractivity contribution in [1.29, 1.82) is 0 Å². The van der Waals surface area contributed by atoms with Gasteiger partial charge in [-0.1, -0.05) is 25.8 Å². The van der Waals surface area contributed by atoms with Crippen molar-refractivity contribution >= 4 is 26.9 Å². The van der Waals surface area contributed by atoms with Crippen molar-refractivity contribution in [2.45, 2.75) is 56.5 Å². The first-order valence-corrected chi connectivity index (χ1v) is 12.6. The minimum Gasteiger partial charge on any atom is -0.465 e. The van der Waals surface area contributed by atoms with Crippen molar-refractivity contribution in [1.82, 2.24) is 9.29 Å². The van der Waals surface area contributed by atoms with Crippen molar-refractivity contribution < 1.29 is 17.9 Å². The minimum absolute atomic E-state index is 0.00657. The average molecular weight is 469 g/mol. The van der Waals surface area contributed by atoms with Crippen LogP contribution in [0.4, 0.5) is 0 Å². The fourth-order valence-corrected chi connectivity index (χ4v) is 6.09. The molecule has 7 nitrogen and oxygen atoms in total. The lowest BCUT2D eigenvalue weighted by molar-refractivity contribution is 0.0600. The second-order valence-corrected chi connectivity index (χ2v) is 10.3. The second-order valence-electron chi connectivity index (χ2n) is 8.40. The van der Waals surface area contributed by atoms with Crippen molar-refractivity contribution in [2.75, 3.05) is 7.11 Å². The van der Waals surface area contributed by atoms with E-state index in [1.54, 1.807) is 6.07 Å². The standard InChI is InChI=1S/C25H28N2O5S/c1-3-17-8-13-23-19(14-17)15-20(24(28)26-23)16-27(21-6-4-5-7-21)33(30,31)22-11-9-18(10-12-22)25(29)32-2/h8-15,21H,3-7,16H2,1-2H3,(H,26,28). The molecule has 174 valence electrons. The quantitative estimate of drug-likeness (QED) is 0.529. The third-order valence-corrected chi connectivity index (χ3v) is 8.25. The van der Waals surface area contributed by atoms with Crippen LogP contribution in [0.15, 0.2) is 58.2 Å². The Morgan fingerprint density at radius 3 is 2.42 bits per heavy atom. The molecule has 4 rings (SSSR count). The number of H-pyrrole nitrogens is 1.